The second-order valence-corrected chi connectivity index (χ2v) is 4.79. The van der Waals surface area contributed by atoms with Crippen LogP contribution in [0.1, 0.15) is 0 Å². The Morgan fingerprint density at radius 3 is 2.43 bits per heavy atom. The molecule has 0 aliphatic heterocycles. The lowest BCUT2D eigenvalue weighted by Gasteiger charge is -2.06. The van der Waals surface area contributed by atoms with Crippen LogP contribution in [-0.2, 0) is 0 Å². The molecule has 3 rings (SSSR count). The van der Waals surface area contributed by atoms with Crippen LogP contribution < -0.4 is 15.1 Å². The molecule has 0 radical (unpaired) electrons. The second-order valence-electron chi connectivity index (χ2n) is 4.36. The zero-order valence-electron chi connectivity index (χ0n) is 11.1. The van der Waals surface area contributed by atoms with Crippen LogP contribution in [0.3, 0.4) is 0 Å². The van der Waals surface area contributed by atoms with Crippen LogP contribution in [0.4, 0.5) is 0 Å². The summed E-state index contributed by atoms with van der Waals surface area (Å²) < 4.78 is 15.9. The molecule has 0 saturated heterocycles. The predicted molar refractivity (Wildman–Crippen MR) is 80.6 cm³/mol. The first-order valence-electron chi connectivity index (χ1n) is 6.21. The fraction of sp³-hybridized carbons (Fsp3) is 0.0625. The van der Waals surface area contributed by atoms with Gasteiger partial charge in [0.1, 0.15) is 17.1 Å². The topological polar surface area (TPSA) is 48.7 Å². The number of rotatable bonds is 3. The van der Waals surface area contributed by atoms with E-state index < -0.39 is 5.63 Å². The Kier molecular flexibility index (Phi) is 3.54. The van der Waals surface area contributed by atoms with Gasteiger partial charge in [-0.2, -0.15) is 0 Å². The summed E-state index contributed by atoms with van der Waals surface area (Å²) in [5.74, 6) is 1.26. The minimum atomic E-state index is -0.550. The molecule has 1 heterocycles. The van der Waals surface area contributed by atoms with E-state index in [0.29, 0.717) is 22.1 Å². The normalized spacial score (nSPS) is 10.6. The van der Waals surface area contributed by atoms with Crippen LogP contribution in [0, 0.1) is 0 Å². The van der Waals surface area contributed by atoms with Gasteiger partial charge in [-0.1, -0.05) is 11.6 Å². The van der Waals surface area contributed by atoms with E-state index in [0.717, 1.165) is 5.39 Å². The van der Waals surface area contributed by atoms with E-state index in [1.165, 1.54) is 0 Å². The number of hydrogen-bond donors (Lipinski definition) is 0. The molecular formula is C16H11ClO4. The molecule has 0 saturated carbocycles. The van der Waals surface area contributed by atoms with Gasteiger partial charge in [0, 0.05) is 16.5 Å². The molecule has 1 aromatic heterocycles. The molecule has 106 valence electrons. The molecule has 4 nitrogen and oxygen atoms in total. The maximum absolute atomic E-state index is 11.9. The summed E-state index contributed by atoms with van der Waals surface area (Å²) in [7, 11) is 1.55. The second kappa shape index (κ2) is 5.50. The van der Waals surface area contributed by atoms with Crippen molar-refractivity contribution >= 4 is 22.6 Å². The lowest BCUT2D eigenvalue weighted by atomic mass is 10.2. The first kappa shape index (κ1) is 13.5. The van der Waals surface area contributed by atoms with Crippen LogP contribution in [0.25, 0.3) is 11.0 Å². The summed E-state index contributed by atoms with van der Waals surface area (Å²) in [5.41, 5.74) is -0.103. The number of benzene rings is 2. The van der Waals surface area contributed by atoms with Gasteiger partial charge in [0.15, 0.2) is 0 Å². The maximum Gasteiger partial charge on any atom is 0.379 e. The number of halogens is 1. The first-order valence-corrected chi connectivity index (χ1v) is 6.59. The zero-order chi connectivity index (χ0) is 14.8. The SMILES string of the molecule is COc1ccc2cc(Oc3ccc(Cl)cc3)c(=O)oc2c1. The van der Waals surface area contributed by atoms with Gasteiger partial charge in [0.25, 0.3) is 0 Å². The Morgan fingerprint density at radius 2 is 1.71 bits per heavy atom. The molecule has 0 amide bonds. The van der Waals surface area contributed by atoms with Crippen molar-refractivity contribution < 1.29 is 13.9 Å². The highest BCUT2D eigenvalue weighted by Gasteiger charge is 2.08. The maximum atomic E-state index is 11.9. The standard InChI is InChI=1S/C16H11ClO4/c1-19-13-5-2-10-8-15(16(18)21-14(10)9-13)20-12-6-3-11(17)4-7-12/h2-9H,1H3. The Labute approximate surface area is 125 Å². The highest BCUT2D eigenvalue weighted by Crippen LogP contribution is 2.25. The minimum Gasteiger partial charge on any atom is -0.497 e. The van der Waals surface area contributed by atoms with Gasteiger partial charge in [0.05, 0.1) is 7.11 Å². The lowest BCUT2D eigenvalue weighted by molar-refractivity contribution is 0.412. The molecule has 0 unspecified atom stereocenters. The molecular weight excluding hydrogens is 292 g/mol. The fourth-order valence-corrected chi connectivity index (χ4v) is 2.03. The Morgan fingerprint density at radius 1 is 1.00 bits per heavy atom. The van der Waals surface area contributed by atoms with E-state index in [9.17, 15) is 4.79 Å². The Balaban J connectivity index is 2.01. The predicted octanol–water partition coefficient (Wildman–Crippen LogP) is 4.25. The van der Waals surface area contributed by atoms with E-state index in [4.69, 9.17) is 25.5 Å². The molecule has 3 aromatic rings. The van der Waals surface area contributed by atoms with E-state index in [2.05, 4.69) is 0 Å². The summed E-state index contributed by atoms with van der Waals surface area (Å²) in [6, 6.07) is 13.6. The summed E-state index contributed by atoms with van der Waals surface area (Å²) in [5, 5.41) is 1.35. The van der Waals surface area contributed by atoms with E-state index in [-0.39, 0.29) is 5.75 Å². The third-order valence-corrected chi connectivity index (χ3v) is 3.20. The van der Waals surface area contributed by atoms with Crippen molar-refractivity contribution in [1.82, 2.24) is 0 Å². The first-order chi connectivity index (χ1) is 10.2. The quantitative estimate of drug-likeness (QED) is 0.679. The van der Waals surface area contributed by atoms with Gasteiger partial charge >= 0.3 is 5.63 Å². The van der Waals surface area contributed by atoms with Gasteiger partial charge in [-0.15, -0.1) is 0 Å². The number of ether oxygens (including phenoxy) is 2. The monoisotopic (exact) mass is 302 g/mol. The van der Waals surface area contributed by atoms with Crippen LogP contribution in [0.2, 0.25) is 5.02 Å². The van der Waals surface area contributed by atoms with Crippen molar-refractivity contribution in [2.75, 3.05) is 7.11 Å². The van der Waals surface area contributed by atoms with Crippen molar-refractivity contribution in [2.45, 2.75) is 0 Å². The largest absolute Gasteiger partial charge is 0.497 e. The van der Waals surface area contributed by atoms with Gasteiger partial charge in [0.2, 0.25) is 5.75 Å². The molecule has 0 spiro atoms. The number of hydrogen-bond acceptors (Lipinski definition) is 4. The Bertz CT molecular complexity index is 837. The molecule has 0 N–H and O–H groups in total. The Hall–Kier alpha value is -2.46. The van der Waals surface area contributed by atoms with E-state index in [1.807, 2.05) is 0 Å². The summed E-state index contributed by atoms with van der Waals surface area (Å²) in [4.78, 5) is 11.9. The third kappa shape index (κ3) is 2.85. The highest BCUT2D eigenvalue weighted by atomic mass is 35.5. The number of methoxy groups -OCH3 is 1. The average Bonchev–Trinajstić information content (AvgIpc) is 2.50. The van der Waals surface area contributed by atoms with Crippen LogP contribution in [0.15, 0.2) is 57.7 Å². The molecule has 5 heteroatoms. The van der Waals surface area contributed by atoms with Gasteiger partial charge in [-0.25, -0.2) is 4.79 Å². The van der Waals surface area contributed by atoms with Crippen molar-refractivity contribution in [1.29, 1.82) is 0 Å². The van der Waals surface area contributed by atoms with Crippen LogP contribution in [-0.4, -0.2) is 7.11 Å². The molecule has 0 aliphatic rings. The lowest BCUT2D eigenvalue weighted by Crippen LogP contribution is -2.03. The van der Waals surface area contributed by atoms with Crippen LogP contribution >= 0.6 is 11.6 Å². The molecule has 0 atom stereocenters. The van der Waals surface area contributed by atoms with Crippen molar-refractivity contribution in [3.8, 4) is 17.2 Å². The smallest absolute Gasteiger partial charge is 0.379 e. The summed E-state index contributed by atoms with van der Waals surface area (Å²) >= 11 is 5.80. The molecule has 0 aliphatic carbocycles. The highest BCUT2D eigenvalue weighted by molar-refractivity contribution is 6.30. The summed E-state index contributed by atoms with van der Waals surface area (Å²) in [6.45, 7) is 0. The molecule has 0 bridgehead atoms. The molecule has 21 heavy (non-hydrogen) atoms. The third-order valence-electron chi connectivity index (χ3n) is 2.95. The van der Waals surface area contributed by atoms with E-state index in [1.54, 1.807) is 55.6 Å². The molecule has 0 fully saturated rings. The van der Waals surface area contributed by atoms with Crippen molar-refractivity contribution in [3.05, 3.63) is 64.0 Å². The summed E-state index contributed by atoms with van der Waals surface area (Å²) in [6.07, 6.45) is 0. The van der Waals surface area contributed by atoms with Crippen molar-refractivity contribution in [3.63, 3.8) is 0 Å². The number of fused-ring (bicyclic) bond motifs is 1. The average molecular weight is 303 g/mol. The van der Waals surface area contributed by atoms with E-state index >= 15 is 0 Å². The van der Waals surface area contributed by atoms with Gasteiger partial charge < -0.3 is 13.9 Å². The fourth-order valence-electron chi connectivity index (χ4n) is 1.90. The van der Waals surface area contributed by atoms with Gasteiger partial charge in [-0.05, 0) is 42.5 Å². The molecule has 2 aromatic carbocycles. The minimum absolute atomic E-state index is 0.120. The van der Waals surface area contributed by atoms with Gasteiger partial charge in [-0.3, -0.25) is 0 Å². The van der Waals surface area contributed by atoms with Crippen molar-refractivity contribution in [2.24, 2.45) is 0 Å². The van der Waals surface area contributed by atoms with Crippen LogP contribution in [0.5, 0.6) is 17.2 Å². The zero-order valence-corrected chi connectivity index (χ0v) is 11.9.